The standard InChI is InChI=1S/C23H23F3N4O/c24-23(25,26)20-10-18(11-27)6-7-19(20)12-28-21(31)30-15-22(16-30)8-9-29(14-22)13-17-4-2-1-3-5-17/h1-7,10H,8-9,12-16H2,(H,28,31). The van der Waals surface area contributed by atoms with E-state index in [9.17, 15) is 18.0 Å². The minimum atomic E-state index is -4.58. The van der Waals surface area contributed by atoms with Gasteiger partial charge in [-0.05, 0) is 36.2 Å². The first-order valence-electron chi connectivity index (χ1n) is 10.2. The average molecular weight is 428 g/mol. The van der Waals surface area contributed by atoms with Gasteiger partial charge in [0.2, 0.25) is 0 Å². The molecule has 0 radical (unpaired) electrons. The van der Waals surface area contributed by atoms with Crippen molar-refractivity contribution in [2.45, 2.75) is 25.7 Å². The molecule has 2 heterocycles. The summed E-state index contributed by atoms with van der Waals surface area (Å²) in [6, 6.07) is 15.0. The van der Waals surface area contributed by atoms with Crippen molar-refractivity contribution in [2.24, 2.45) is 5.41 Å². The molecule has 0 atom stereocenters. The summed E-state index contributed by atoms with van der Waals surface area (Å²) in [6.45, 7) is 3.77. The third-order valence-corrected chi connectivity index (χ3v) is 6.08. The maximum atomic E-state index is 13.3. The van der Waals surface area contributed by atoms with Crippen LogP contribution in [0.2, 0.25) is 0 Å². The fourth-order valence-corrected chi connectivity index (χ4v) is 4.52. The van der Waals surface area contributed by atoms with Crippen LogP contribution in [0.5, 0.6) is 0 Å². The number of hydrogen-bond donors (Lipinski definition) is 1. The Morgan fingerprint density at radius 2 is 1.87 bits per heavy atom. The summed E-state index contributed by atoms with van der Waals surface area (Å²) < 4.78 is 39.8. The maximum absolute atomic E-state index is 13.3. The molecular formula is C23H23F3N4O. The van der Waals surface area contributed by atoms with Gasteiger partial charge in [0.1, 0.15) is 0 Å². The number of carbonyl (C=O) groups is 1. The van der Waals surface area contributed by atoms with E-state index in [1.165, 1.54) is 17.7 Å². The van der Waals surface area contributed by atoms with Crippen LogP contribution in [0.15, 0.2) is 48.5 Å². The first kappa shape index (κ1) is 21.2. The SMILES string of the molecule is N#Cc1ccc(CNC(=O)N2CC3(CCN(Cc4ccccc4)C3)C2)c(C(F)(F)F)c1. The zero-order valence-corrected chi connectivity index (χ0v) is 17.0. The molecule has 0 saturated carbocycles. The Bertz CT molecular complexity index is 994. The molecule has 2 aliphatic rings. The summed E-state index contributed by atoms with van der Waals surface area (Å²) in [5, 5.41) is 11.5. The number of amides is 2. The zero-order chi connectivity index (χ0) is 22.1. The lowest BCUT2D eigenvalue weighted by Crippen LogP contribution is -2.61. The highest BCUT2D eigenvalue weighted by Crippen LogP contribution is 2.40. The minimum Gasteiger partial charge on any atom is -0.334 e. The number of halogens is 3. The number of rotatable bonds is 4. The minimum absolute atomic E-state index is 0.0509. The van der Waals surface area contributed by atoms with Crippen molar-refractivity contribution >= 4 is 6.03 Å². The van der Waals surface area contributed by atoms with Crippen LogP contribution in [0, 0.1) is 16.7 Å². The Hall–Kier alpha value is -3.05. The van der Waals surface area contributed by atoms with Crippen molar-refractivity contribution in [1.82, 2.24) is 15.1 Å². The fourth-order valence-electron chi connectivity index (χ4n) is 4.52. The summed E-state index contributed by atoms with van der Waals surface area (Å²) in [7, 11) is 0. The van der Waals surface area contributed by atoms with Gasteiger partial charge in [0.25, 0.3) is 0 Å². The fraction of sp³-hybridized carbons (Fsp3) is 0.391. The Balaban J connectivity index is 1.30. The predicted octanol–water partition coefficient (Wildman–Crippen LogP) is 3.99. The van der Waals surface area contributed by atoms with Crippen molar-refractivity contribution in [3.05, 3.63) is 70.8 Å². The van der Waals surface area contributed by atoms with Crippen LogP contribution in [-0.4, -0.2) is 42.0 Å². The highest BCUT2D eigenvalue weighted by Gasteiger charge is 2.49. The molecule has 0 unspecified atom stereocenters. The monoisotopic (exact) mass is 428 g/mol. The van der Waals surface area contributed by atoms with Gasteiger partial charge >= 0.3 is 12.2 Å². The van der Waals surface area contributed by atoms with Crippen LogP contribution in [0.4, 0.5) is 18.0 Å². The maximum Gasteiger partial charge on any atom is 0.416 e. The third kappa shape index (κ3) is 4.67. The molecule has 0 bridgehead atoms. The molecule has 4 rings (SSSR count). The Labute approximate surface area is 179 Å². The Morgan fingerprint density at radius 1 is 1.13 bits per heavy atom. The summed E-state index contributed by atoms with van der Waals surface area (Å²) in [6.07, 6.45) is -3.57. The smallest absolute Gasteiger partial charge is 0.334 e. The molecule has 162 valence electrons. The molecule has 2 fully saturated rings. The van der Waals surface area contributed by atoms with Crippen molar-refractivity contribution in [2.75, 3.05) is 26.2 Å². The second-order valence-electron chi connectivity index (χ2n) is 8.44. The number of nitriles is 1. The average Bonchev–Trinajstić information content (AvgIpc) is 3.15. The van der Waals surface area contributed by atoms with Gasteiger partial charge in [0.15, 0.2) is 0 Å². The van der Waals surface area contributed by atoms with Crippen LogP contribution in [0.25, 0.3) is 0 Å². The number of nitrogens with zero attached hydrogens (tertiary/aromatic N) is 3. The van der Waals surface area contributed by atoms with Gasteiger partial charge in [-0.25, -0.2) is 4.79 Å². The molecule has 0 aromatic heterocycles. The van der Waals surface area contributed by atoms with Crippen LogP contribution in [0.1, 0.15) is 28.7 Å². The number of urea groups is 1. The van der Waals surface area contributed by atoms with Gasteiger partial charge in [-0.15, -0.1) is 0 Å². The second-order valence-corrected chi connectivity index (χ2v) is 8.44. The lowest BCUT2D eigenvalue weighted by atomic mass is 9.79. The topological polar surface area (TPSA) is 59.4 Å². The molecule has 2 aliphatic heterocycles. The number of alkyl halides is 3. The second kappa shape index (κ2) is 8.23. The highest BCUT2D eigenvalue weighted by molar-refractivity contribution is 5.75. The van der Waals surface area contributed by atoms with E-state index in [4.69, 9.17) is 5.26 Å². The van der Waals surface area contributed by atoms with Gasteiger partial charge in [-0.2, -0.15) is 18.4 Å². The molecule has 2 aromatic rings. The highest BCUT2D eigenvalue weighted by atomic mass is 19.4. The lowest BCUT2D eigenvalue weighted by Gasteiger charge is -2.48. The summed E-state index contributed by atoms with van der Waals surface area (Å²) in [5.74, 6) is 0. The van der Waals surface area contributed by atoms with Crippen LogP contribution in [0.3, 0.4) is 0 Å². The van der Waals surface area contributed by atoms with E-state index in [1.54, 1.807) is 11.0 Å². The van der Waals surface area contributed by atoms with E-state index in [2.05, 4.69) is 22.3 Å². The molecule has 2 amide bonds. The molecule has 1 N–H and O–H groups in total. The van der Waals surface area contributed by atoms with Crippen molar-refractivity contribution in [1.29, 1.82) is 5.26 Å². The number of nitrogens with one attached hydrogen (secondary N) is 1. The Kier molecular flexibility index (Phi) is 5.63. The van der Waals surface area contributed by atoms with Gasteiger partial charge in [-0.3, -0.25) is 4.90 Å². The molecule has 8 heteroatoms. The van der Waals surface area contributed by atoms with Crippen LogP contribution < -0.4 is 5.32 Å². The van der Waals surface area contributed by atoms with Gasteiger partial charge in [0.05, 0.1) is 17.2 Å². The van der Waals surface area contributed by atoms with E-state index in [1.807, 2.05) is 18.2 Å². The van der Waals surface area contributed by atoms with Gasteiger partial charge < -0.3 is 10.2 Å². The zero-order valence-electron chi connectivity index (χ0n) is 17.0. The number of benzene rings is 2. The summed E-state index contributed by atoms with van der Waals surface area (Å²) >= 11 is 0. The number of likely N-dealkylation sites (tertiary alicyclic amines) is 2. The van der Waals surface area contributed by atoms with Crippen LogP contribution in [-0.2, 0) is 19.3 Å². The molecular weight excluding hydrogens is 405 g/mol. The number of hydrogen-bond acceptors (Lipinski definition) is 3. The molecule has 1 spiro atoms. The predicted molar refractivity (Wildman–Crippen MR) is 109 cm³/mol. The first-order valence-corrected chi connectivity index (χ1v) is 10.2. The van der Waals surface area contributed by atoms with Crippen molar-refractivity contribution < 1.29 is 18.0 Å². The van der Waals surface area contributed by atoms with Gasteiger partial charge in [-0.1, -0.05) is 36.4 Å². The van der Waals surface area contributed by atoms with Crippen LogP contribution >= 0.6 is 0 Å². The Morgan fingerprint density at radius 3 is 2.55 bits per heavy atom. The largest absolute Gasteiger partial charge is 0.416 e. The van der Waals surface area contributed by atoms with E-state index >= 15 is 0 Å². The number of carbonyl (C=O) groups excluding carboxylic acids is 1. The molecule has 2 saturated heterocycles. The summed E-state index contributed by atoms with van der Waals surface area (Å²) in [4.78, 5) is 16.5. The summed E-state index contributed by atoms with van der Waals surface area (Å²) in [5.41, 5.74) is 0.339. The normalized spacial score (nSPS) is 17.9. The van der Waals surface area contributed by atoms with E-state index < -0.39 is 11.7 Å². The molecule has 0 aliphatic carbocycles. The first-order chi connectivity index (χ1) is 14.8. The van der Waals surface area contributed by atoms with E-state index in [0.29, 0.717) is 13.1 Å². The molecule has 31 heavy (non-hydrogen) atoms. The third-order valence-electron chi connectivity index (χ3n) is 6.08. The van der Waals surface area contributed by atoms with Gasteiger partial charge in [0, 0.05) is 38.1 Å². The van der Waals surface area contributed by atoms with E-state index in [-0.39, 0.29) is 29.1 Å². The molecule has 5 nitrogen and oxygen atoms in total. The van der Waals surface area contributed by atoms with E-state index in [0.717, 1.165) is 32.1 Å². The van der Waals surface area contributed by atoms with Crippen molar-refractivity contribution in [3.8, 4) is 6.07 Å². The van der Waals surface area contributed by atoms with Crippen molar-refractivity contribution in [3.63, 3.8) is 0 Å². The molecule has 2 aromatic carbocycles. The lowest BCUT2D eigenvalue weighted by molar-refractivity contribution is -0.138. The quantitative estimate of drug-likeness (QED) is 0.801.